The van der Waals surface area contributed by atoms with Crippen molar-refractivity contribution in [1.29, 1.82) is 0 Å². The minimum Gasteiger partial charge on any atom is -0.365 e. The number of aryl methyl sites for hydroxylation is 1. The van der Waals surface area contributed by atoms with E-state index in [0.717, 1.165) is 11.3 Å². The third-order valence-corrected chi connectivity index (χ3v) is 5.34. The second kappa shape index (κ2) is 8.59. The van der Waals surface area contributed by atoms with Crippen molar-refractivity contribution in [2.24, 2.45) is 11.7 Å². The summed E-state index contributed by atoms with van der Waals surface area (Å²) in [5, 5.41) is 0. The number of nitrogens with two attached hydrogens (primary N) is 1. The first-order valence-corrected chi connectivity index (χ1v) is 9.82. The Kier molecular flexibility index (Phi) is 6.15. The number of carbonyl (C=O) groups excluding carboxylic acids is 2. The van der Waals surface area contributed by atoms with E-state index in [4.69, 9.17) is 5.73 Å². The summed E-state index contributed by atoms with van der Waals surface area (Å²) in [5.41, 5.74) is 7.58. The molecule has 0 aliphatic carbocycles. The fourth-order valence-electron chi connectivity index (χ4n) is 3.71. The van der Waals surface area contributed by atoms with Crippen molar-refractivity contribution in [2.45, 2.75) is 39.8 Å². The van der Waals surface area contributed by atoms with Gasteiger partial charge < -0.3 is 15.5 Å². The van der Waals surface area contributed by atoms with E-state index < -0.39 is 5.91 Å². The highest BCUT2D eigenvalue weighted by Gasteiger charge is 2.33. The Hall–Kier alpha value is -2.96. The van der Waals surface area contributed by atoms with Gasteiger partial charge in [0.2, 0.25) is 5.91 Å². The van der Waals surface area contributed by atoms with Crippen molar-refractivity contribution in [1.82, 2.24) is 9.88 Å². The second-order valence-corrected chi connectivity index (χ2v) is 7.84. The molecule has 2 amide bonds. The van der Waals surface area contributed by atoms with Gasteiger partial charge in [0.05, 0.1) is 11.6 Å². The van der Waals surface area contributed by atoms with Crippen molar-refractivity contribution in [3.63, 3.8) is 0 Å². The lowest BCUT2D eigenvalue weighted by atomic mass is 10.0. The van der Waals surface area contributed by atoms with Gasteiger partial charge in [0.25, 0.3) is 5.91 Å². The molecule has 0 spiro atoms. The van der Waals surface area contributed by atoms with Crippen LogP contribution in [0.3, 0.4) is 0 Å². The van der Waals surface area contributed by atoms with Crippen LogP contribution in [0.5, 0.6) is 0 Å². The fourth-order valence-corrected chi connectivity index (χ4v) is 3.71. The number of hydrogen-bond acceptors (Lipinski definition) is 4. The van der Waals surface area contributed by atoms with E-state index in [1.165, 1.54) is 12.1 Å². The molecule has 0 saturated carbocycles. The molecule has 1 fully saturated rings. The van der Waals surface area contributed by atoms with Crippen molar-refractivity contribution >= 4 is 17.6 Å². The highest BCUT2D eigenvalue weighted by molar-refractivity contribution is 5.97. The minimum absolute atomic E-state index is 0.0313. The van der Waals surface area contributed by atoms with Crippen LogP contribution in [0.1, 0.15) is 41.9 Å². The van der Waals surface area contributed by atoms with Crippen molar-refractivity contribution < 1.29 is 14.0 Å². The molecule has 2 N–H and O–H groups in total. The summed E-state index contributed by atoms with van der Waals surface area (Å²) >= 11 is 0. The Labute approximate surface area is 170 Å². The standard InChI is InChI=1S/C22H27FN4O2/c1-14(2)19-13-26(22-18(21(24)29)9-4-15(3)25-22)11-10-20(28)27(19)12-16-5-7-17(23)8-6-16/h4-9,14,19H,10-13H2,1-3H3,(H2,24,29). The molecule has 0 radical (unpaired) electrons. The number of primary amides is 1. The number of benzene rings is 1. The zero-order chi connectivity index (χ0) is 21.1. The van der Waals surface area contributed by atoms with Gasteiger partial charge in [-0.2, -0.15) is 0 Å². The number of aromatic nitrogens is 1. The van der Waals surface area contributed by atoms with Crippen LogP contribution in [-0.2, 0) is 11.3 Å². The summed E-state index contributed by atoms with van der Waals surface area (Å²) in [7, 11) is 0. The molecule has 2 heterocycles. The molecule has 1 saturated heterocycles. The van der Waals surface area contributed by atoms with Crippen molar-refractivity contribution in [3.8, 4) is 0 Å². The second-order valence-electron chi connectivity index (χ2n) is 7.84. The Morgan fingerprint density at radius 3 is 2.55 bits per heavy atom. The molecule has 1 aliphatic heterocycles. The summed E-state index contributed by atoms with van der Waals surface area (Å²) in [6, 6.07) is 9.58. The van der Waals surface area contributed by atoms with Crippen LogP contribution in [0.4, 0.5) is 10.2 Å². The number of halogens is 1. The number of pyridine rings is 1. The first kappa shape index (κ1) is 20.8. The average molecular weight is 398 g/mol. The molecule has 3 rings (SSSR count). The van der Waals surface area contributed by atoms with Crippen LogP contribution in [0.25, 0.3) is 0 Å². The quantitative estimate of drug-likeness (QED) is 0.840. The van der Waals surface area contributed by atoms with E-state index in [-0.39, 0.29) is 23.7 Å². The molecule has 7 heteroatoms. The largest absolute Gasteiger partial charge is 0.365 e. The average Bonchev–Trinajstić information content (AvgIpc) is 2.83. The van der Waals surface area contributed by atoms with Gasteiger partial charge in [-0.15, -0.1) is 0 Å². The van der Waals surface area contributed by atoms with Gasteiger partial charge in [-0.05, 0) is 42.7 Å². The van der Waals surface area contributed by atoms with Crippen LogP contribution in [0, 0.1) is 18.7 Å². The first-order valence-electron chi connectivity index (χ1n) is 9.82. The van der Waals surface area contributed by atoms with Crippen LogP contribution in [0.2, 0.25) is 0 Å². The number of carbonyl (C=O) groups is 2. The first-order chi connectivity index (χ1) is 13.8. The third kappa shape index (κ3) is 4.72. The molecule has 0 bridgehead atoms. The summed E-state index contributed by atoms with van der Waals surface area (Å²) in [6.07, 6.45) is 0.304. The summed E-state index contributed by atoms with van der Waals surface area (Å²) in [4.78, 5) is 33.3. The lowest BCUT2D eigenvalue weighted by molar-refractivity contribution is -0.134. The Bertz CT molecular complexity index is 898. The molecule has 1 aliphatic rings. The van der Waals surface area contributed by atoms with Gasteiger partial charge in [0.15, 0.2) is 0 Å². The maximum atomic E-state index is 13.3. The van der Waals surface area contributed by atoms with E-state index >= 15 is 0 Å². The van der Waals surface area contributed by atoms with E-state index in [9.17, 15) is 14.0 Å². The number of nitrogens with zero attached hydrogens (tertiary/aromatic N) is 3. The SMILES string of the molecule is Cc1ccc(C(N)=O)c(N2CCC(=O)N(Cc3ccc(F)cc3)C(C(C)C)C2)n1. The molecule has 1 aromatic heterocycles. The Morgan fingerprint density at radius 2 is 1.93 bits per heavy atom. The predicted molar refractivity (Wildman–Crippen MR) is 110 cm³/mol. The third-order valence-electron chi connectivity index (χ3n) is 5.34. The van der Waals surface area contributed by atoms with Crippen molar-refractivity contribution in [3.05, 3.63) is 59.0 Å². The number of amides is 2. The van der Waals surface area contributed by atoms with Crippen molar-refractivity contribution in [2.75, 3.05) is 18.0 Å². The maximum Gasteiger partial charge on any atom is 0.252 e. The van der Waals surface area contributed by atoms with E-state index in [0.29, 0.717) is 37.4 Å². The Balaban J connectivity index is 1.93. The lowest BCUT2D eigenvalue weighted by Gasteiger charge is -2.35. The summed E-state index contributed by atoms with van der Waals surface area (Å²) < 4.78 is 13.3. The lowest BCUT2D eigenvalue weighted by Crippen LogP contribution is -2.46. The minimum atomic E-state index is -0.535. The van der Waals surface area contributed by atoms with E-state index in [2.05, 4.69) is 18.8 Å². The molecule has 1 unspecified atom stereocenters. The monoisotopic (exact) mass is 398 g/mol. The molecule has 2 aromatic rings. The molecule has 1 atom stereocenters. The zero-order valence-corrected chi connectivity index (χ0v) is 17.1. The molecule has 1 aromatic carbocycles. The predicted octanol–water partition coefficient (Wildman–Crippen LogP) is 2.89. The highest BCUT2D eigenvalue weighted by Crippen LogP contribution is 2.26. The molecular weight excluding hydrogens is 371 g/mol. The molecule has 29 heavy (non-hydrogen) atoms. The molecule has 154 valence electrons. The van der Waals surface area contributed by atoms with Gasteiger partial charge in [-0.25, -0.2) is 9.37 Å². The summed E-state index contributed by atoms with van der Waals surface area (Å²) in [5.74, 6) is -0.0930. The number of hydrogen-bond donors (Lipinski definition) is 1. The van der Waals surface area contributed by atoms with Crippen LogP contribution < -0.4 is 10.6 Å². The highest BCUT2D eigenvalue weighted by atomic mass is 19.1. The fraction of sp³-hybridized carbons (Fsp3) is 0.409. The zero-order valence-electron chi connectivity index (χ0n) is 17.1. The molecular formula is C22H27FN4O2. The Morgan fingerprint density at radius 1 is 1.24 bits per heavy atom. The van der Waals surface area contributed by atoms with Gasteiger partial charge in [-0.3, -0.25) is 9.59 Å². The topological polar surface area (TPSA) is 79.5 Å². The van der Waals surface area contributed by atoms with Crippen LogP contribution in [-0.4, -0.2) is 40.8 Å². The van der Waals surface area contributed by atoms with Crippen LogP contribution >= 0.6 is 0 Å². The molecule has 6 nitrogen and oxygen atoms in total. The maximum absolute atomic E-state index is 13.3. The van der Waals surface area contributed by atoms with Gasteiger partial charge in [-0.1, -0.05) is 26.0 Å². The van der Waals surface area contributed by atoms with Gasteiger partial charge in [0.1, 0.15) is 11.6 Å². The summed E-state index contributed by atoms with van der Waals surface area (Å²) in [6.45, 7) is 7.41. The normalized spacial score (nSPS) is 17.6. The van der Waals surface area contributed by atoms with E-state index in [1.807, 2.05) is 16.7 Å². The number of rotatable bonds is 5. The van der Waals surface area contributed by atoms with Crippen LogP contribution in [0.15, 0.2) is 36.4 Å². The number of anilines is 1. The van der Waals surface area contributed by atoms with E-state index in [1.54, 1.807) is 24.3 Å². The van der Waals surface area contributed by atoms with Gasteiger partial charge >= 0.3 is 0 Å². The smallest absolute Gasteiger partial charge is 0.252 e. The van der Waals surface area contributed by atoms with Gasteiger partial charge in [0, 0.05) is 31.7 Å².